The Kier molecular flexibility index (Phi) is 13.9. The number of rotatable bonds is 9. The normalized spacial score (nSPS) is 12.0. The van der Waals surface area contributed by atoms with E-state index in [2.05, 4.69) is 44.4 Å². The van der Waals surface area contributed by atoms with Crippen LogP contribution in [-0.2, 0) is 0 Å². The standard InChI is InChI=1S/C14H34N4.C2H6/c1-13(2)6-9-18(14(3,4)5)12-17(10-7-15)11-8-16;1-2/h13H,6-12,15-16H2,1-5H3;1-2H3. The molecule has 0 aliphatic rings. The second-order valence-electron chi connectivity index (χ2n) is 6.45. The van der Waals surface area contributed by atoms with Crippen LogP contribution in [0.15, 0.2) is 0 Å². The Balaban J connectivity index is 0. The van der Waals surface area contributed by atoms with E-state index in [1.807, 2.05) is 13.8 Å². The van der Waals surface area contributed by atoms with Crippen molar-refractivity contribution >= 4 is 0 Å². The highest BCUT2D eigenvalue weighted by Crippen LogP contribution is 2.16. The van der Waals surface area contributed by atoms with E-state index in [-0.39, 0.29) is 5.54 Å². The van der Waals surface area contributed by atoms with Crippen LogP contribution < -0.4 is 11.5 Å². The molecule has 0 saturated carbocycles. The van der Waals surface area contributed by atoms with Crippen LogP contribution in [0, 0.1) is 5.92 Å². The van der Waals surface area contributed by atoms with E-state index in [0.29, 0.717) is 13.1 Å². The summed E-state index contributed by atoms with van der Waals surface area (Å²) in [7, 11) is 0. The topological polar surface area (TPSA) is 58.5 Å². The van der Waals surface area contributed by atoms with Crippen LogP contribution in [0.5, 0.6) is 0 Å². The molecule has 0 aromatic heterocycles. The fraction of sp³-hybridized carbons (Fsp3) is 1.00. The predicted octanol–water partition coefficient (Wildman–Crippen LogP) is 2.34. The summed E-state index contributed by atoms with van der Waals surface area (Å²) in [6.07, 6.45) is 1.23. The van der Waals surface area contributed by atoms with Gasteiger partial charge in [0.25, 0.3) is 0 Å². The van der Waals surface area contributed by atoms with E-state index < -0.39 is 0 Å². The van der Waals surface area contributed by atoms with Crippen molar-refractivity contribution in [2.75, 3.05) is 39.4 Å². The fourth-order valence-electron chi connectivity index (χ4n) is 1.89. The van der Waals surface area contributed by atoms with Gasteiger partial charge in [0.2, 0.25) is 0 Å². The lowest BCUT2D eigenvalue weighted by molar-refractivity contribution is 0.0551. The molecule has 0 aliphatic heterocycles. The van der Waals surface area contributed by atoms with Gasteiger partial charge in [-0.05, 0) is 33.1 Å². The van der Waals surface area contributed by atoms with Gasteiger partial charge in [-0.15, -0.1) is 0 Å². The Morgan fingerprint density at radius 1 is 0.900 bits per heavy atom. The van der Waals surface area contributed by atoms with Gasteiger partial charge in [-0.1, -0.05) is 27.7 Å². The number of hydrogen-bond donors (Lipinski definition) is 2. The molecule has 0 aliphatic carbocycles. The van der Waals surface area contributed by atoms with Crippen LogP contribution in [0.2, 0.25) is 0 Å². The van der Waals surface area contributed by atoms with Gasteiger partial charge in [0, 0.05) is 38.3 Å². The number of hydrogen-bond acceptors (Lipinski definition) is 4. The van der Waals surface area contributed by atoms with E-state index in [9.17, 15) is 0 Å². The highest BCUT2D eigenvalue weighted by molar-refractivity contribution is 4.77. The maximum Gasteiger partial charge on any atom is 0.0512 e. The molecule has 4 nitrogen and oxygen atoms in total. The Hall–Kier alpha value is -0.160. The summed E-state index contributed by atoms with van der Waals surface area (Å²) in [5.74, 6) is 0.743. The summed E-state index contributed by atoms with van der Waals surface area (Å²) in [6.45, 7) is 20.7. The molecule has 0 aromatic rings. The third-order valence-electron chi connectivity index (χ3n) is 3.19. The molecule has 0 bridgehead atoms. The van der Waals surface area contributed by atoms with E-state index >= 15 is 0 Å². The summed E-state index contributed by atoms with van der Waals surface area (Å²) in [4.78, 5) is 4.88. The van der Waals surface area contributed by atoms with Gasteiger partial charge in [-0.3, -0.25) is 9.80 Å². The molecule has 0 unspecified atom stereocenters. The maximum absolute atomic E-state index is 5.67. The molecule has 0 spiro atoms. The fourth-order valence-corrected chi connectivity index (χ4v) is 1.89. The Morgan fingerprint density at radius 3 is 1.65 bits per heavy atom. The van der Waals surface area contributed by atoms with Crippen LogP contribution in [0.3, 0.4) is 0 Å². The molecule has 0 amide bonds. The first-order chi connectivity index (χ1) is 9.31. The third-order valence-corrected chi connectivity index (χ3v) is 3.19. The minimum absolute atomic E-state index is 0.191. The molecule has 124 valence electrons. The maximum atomic E-state index is 5.67. The van der Waals surface area contributed by atoms with Gasteiger partial charge in [0.05, 0.1) is 6.67 Å². The Bertz CT molecular complexity index is 193. The van der Waals surface area contributed by atoms with Crippen molar-refractivity contribution in [1.82, 2.24) is 9.80 Å². The summed E-state index contributed by atoms with van der Waals surface area (Å²) in [6, 6.07) is 0. The lowest BCUT2D eigenvalue weighted by Gasteiger charge is -2.39. The molecule has 4 heteroatoms. The second kappa shape index (κ2) is 12.6. The molecule has 4 N–H and O–H groups in total. The smallest absolute Gasteiger partial charge is 0.0512 e. The first-order valence-electron chi connectivity index (χ1n) is 8.18. The first kappa shape index (κ1) is 22.1. The second-order valence-corrected chi connectivity index (χ2v) is 6.45. The lowest BCUT2D eigenvalue weighted by atomic mass is 10.0. The molecule has 0 saturated heterocycles. The zero-order valence-corrected chi connectivity index (χ0v) is 15.1. The SMILES string of the molecule is CC.CC(C)CCN(CN(CCN)CCN)C(C)(C)C. The molecule has 0 atom stereocenters. The Morgan fingerprint density at radius 2 is 1.35 bits per heavy atom. The van der Waals surface area contributed by atoms with Crippen molar-refractivity contribution in [3.05, 3.63) is 0 Å². The minimum atomic E-state index is 0.191. The molecule has 20 heavy (non-hydrogen) atoms. The average Bonchev–Trinajstić information content (AvgIpc) is 2.35. The lowest BCUT2D eigenvalue weighted by Crippen LogP contribution is -2.50. The van der Waals surface area contributed by atoms with Gasteiger partial charge in [-0.2, -0.15) is 0 Å². The average molecular weight is 289 g/mol. The zero-order chi connectivity index (χ0) is 16.2. The Labute approximate surface area is 127 Å². The monoisotopic (exact) mass is 288 g/mol. The van der Waals surface area contributed by atoms with E-state index in [1.165, 1.54) is 6.42 Å². The van der Waals surface area contributed by atoms with Gasteiger partial charge in [0.1, 0.15) is 0 Å². The van der Waals surface area contributed by atoms with Crippen LogP contribution in [-0.4, -0.2) is 54.7 Å². The molecule has 0 aromatic carbocycles. The van der Waals surface area contributed by atoms with Gasteiger partial charge < -0.3 is 11.5 Å². The summed E-state index contributed by atoms with van der Waals surface area (Å²) < 4.78 is 0. The van der Waals surface area contributed by atoms with Gasteiger partial charge >= 0.3 is 0 Å². The number of nitrogens with zero attached hydrogens (tertiary/aromatic N) is 2. The van der Waals surface area contributed by atoms with Crippen LogP contribution in [0.1, 0.15) is 54.9 Å². The van der Waals surface area contributed by atoms with Crippen LogP contribution in [0.25, 0.3) is 0 Å². The molecular weight excluding hydrogens is 248 g/mol. The quantitative estimate of drug-likeness (QED) is 0.639. The summed E-state index contributed by atoms with van der Waals surface area (Å²) in [5, 5.41) is 0. The first-order valence-corrected chi connectivity index (χ1v) is 8.18. The van der Waals surface area contributed by atoms with Crippen LogP contribution in [0.4, 0.5) is 0 Å². The van der Waals surface area contributed by atoms with Crippen molar-refractivity contribution in [3.8, 4) is 0 Å². The minimum Gasteiger partial charge on any atom is -0.329 e. The van der Waals surface area contributed by atoms with Crippen molar-refractivity contribution in [2.24, 2.45) is 17.4 Å². The van der Waals surface area contributed by atoms with Crippen molar-refractivity contribution in [2.45, 2.75) is 60.4 Å². The third kappa shape index (κ3) is 11.6. The molecule has 0 rings (SSSR count). The van der Waals surface area contributed by atoms with Gasteiger partial charge in [0.15, 0.2) is 0 Å². The van der Waals surface area contributed by atoms with Crippen molar-refractivity contribution in [3.63, 3.8) is 0 Å². The van der Waals surface area contributed by atoms with Gasteiger partial charge in [-0.25, -0.2) is 0 Å². The summed E-state index contributed by atoms with van der Waals surface area (Å²) in [5.41, 5.74) is 11.5. The molecule has 0 fully saturated rings. The summed E-state index contributed by atoms with van der Waals surface area (Å²) >= 11 is 0. The van der Waals surface area contributed by atoms with E-state index in [1.54, 1.807) is 0 Å². The molecular formula is C16H40N4. The largest absolute Gasteiger partial charge is 0.329 e. The number of nitrogens with two attached hydrogens (primary N) is 2. The van der Waals surface area contributed by atoms with Crippen molar-refractivity contribution < 1.29 is 0 Å². The highest BCUT2D eigenvalue weighted by atomic mass is 15.3. The highest BCUT2D eigenvalue weighted by Gasteiger charge is 2.22. The van der Waals surface area contributed by atoms with Crippen molar-refractivity contribution in [1.29, 1.82) is 0 Å². The molecule has 0 radical (unpaired) electrons. The van der Waals surface area contributed by atoms with Crippen LogP contribution >= 0.6 is 0 Å². The zero-order valence-electron chi connectivity index (χ0n) is 15.1. The predicted molar refractivity (Wildman–Crippen MR) is 91.8 cm³/mol. The van der Waals surface area contributed by atoms with E-state index in [4.69, 9.17) is 11.5 Å². The molecule has 0 heterocycles. The van der Waals surface area contributed by atoms with E-state index in [0.717, 1.165) is 32.2 Å².